The van der Waals surface area contributed by atoms with Gasteiger partial charge in [0.2, 0.25) is 0 Å². The number of fused-ring (bicyclic) bond motifs is 2. The van der Waals surface area contributed by atoms with Crippen LogP contribution < -0.4 is 0 Å². The summed E-state index contributed by atoms with van der Waals surface area (Å²) in [6.45, 7) is 5.41. The number of thiophene rings is 1. The van der Waals surface area contributed by atoms with Gasteiger partial charge < -0.3 is 0 Å². The molecule has 0 unspecified atom stereocenters. The summed E-state index contributed by atoms with van der Waals surface area (Å²) in [6.07, 6.45) is 1.29. The number of nitrogens with zero attached hydrogens (tertiary/aromatic N) is 4. The fourth-order valence-corrected chi connectivity index (χ4v) is 5.44. The minimum atomic E-state index is 0.649. The van der Waals surface area contributed by atoms with Crippen LogP contribution in [0.4, 0.5) is 0 Å². The molecule has 2 aliphatic heterocycles. The lowest BCUT2D eigenvalue weighted by atomic mass is 10.1. The molecular weight excluding hydrogens is 356 g/mol. The summed E-state index contributed by atoms with van der Waals surface area (Å²) in [6, 6.07) is 10.9. The van der Waals surface area contributed by atoms with E-state index in [2.05, 4.69) is 32.2 Å². The summed E-state index contributed by atoms with van der Waals surface area (Å²) in [5.41, 5.74) is 2.94. The third-order valence-electron chi connectivity index (χ3n) is 5.49. The average Bonchev–Trinajstić information content (AvgIpc) is 3.34. The molecule has 2 atom stereocenters. The number of likely N-dealkylation sites (tertiary alicyclic amines) is 2. The Morgan fingerprint density at radius 1 is 1.16 bits per heavy atom. The fraction of sp³-hybridized carbons (Fsp3) is 0.444. The molecule has 0 bridgehead atoms. The first-order chi connectivity index (χ1) is 12.3. The van der Waals surface area contributed by atoms with Gasteiger partial charge in [0.1, 0.15) is 11.0 Å². The third kappa shape index (κ3) is 2.97. The number of aromatic nitrogens is 2. The van der Waals surface area contributed by atoms with E-state index >= 15 is 0 Å². The first kappa shape index (κ1) is 15.8. The molecule has 5 nitrogen and oxygen atoms in total. The van der Waals surface area contributed by atoms with Crippen LogP contribution in [0.2, 0.25) is 4.34 Å². The highest BCUT2D eigenvalue weighted by molar-refractivity contribution is 7.16. The van der Waals surface area contributed by atoms with Gasteiger partial charge in [-0.05, 0) is 53.0 Å². The molecule has 25 heavy (non-hydrogen) atoms. The predicted octanol–water partition coefficient (Wildman–Crippen LogP) is 3.64. The van der Waals surface area contributed by atoms with E-state index in [1.807, 2.05) is 18.2 Å². The van der Waals surface area contributed by atoms with E-state index in [4.69, 9.17) is 16.2 Å². The van der Waals surface area contributed by atoms with Crippen LogP contribution in [0.3, 0.4) is 0 Å². The molecule has 0 saturated carbocycles. The molecule has 3 aromatic rings. The Morgan fingerprint density at radius 3 is 3.00 bits per heavy atom. The van der Waals surface area contributed by atoms with E-state index in [0.29, 0.717) is 6.04 Å². The van der Waals surface area contributed by atoms with E-state index in [0.717, 1.165) is 47.5 Å². The Hall–Kier alpha value is -1.47. The maximum Gasteiger partial charge on any atom is 0.139 e. The molecule has 4 heterocycles. The van der Waals surface area contributed by atoms with Crippen LogP contribution in [0.25, 0.3) is 11.0 Å². The lowest BCUT2D eigenvalue weighted by molar-refractivity contribution is 0.217. The molecule has 0 N–H and O–H groups in total. The molecule has 7 heteroatoms. The SMILES string of the molecule is Clc1ccc(CN2CC[C@@H]3CN(Cc4cccc5nonc45)C[C@@H]32)s1. The maximum atomic E-state index is 6.08. The van der Waals surface area contributed by atoms with Crippen LogP contribution in [0.1, 0.15) is 16.9 Å². The average molecular weight is 375 g/mol. The molecule has 2 fully saturated rings. The zero-order valence-electron chi connectivity index (χ0n) is 13.8. The Bertz CT molecular complexity index is 894. The van der Waals surface area contributed by atoms with Gasteiger partial charge in [-0.15, -0.1) is 11.3 Å². The van der Waals surface area contributed by atoms with Crippen molar-refractivity contribution in [3.05, 3.63) is 45.1 Å². The lowest BCUT2D eigenvalue weighted by Gasteiger charge is -2.24. The summed E-state index contributed by atoms with van der Waals surface area (Å²) < 4.78 is 5.78. The molecule has 0 aliphatic carbocycles. The topological polar surface area (TPSA) is 45.4 Å². The first-order valence-corrected chi connectivity index (χ1v) is 9.86. The van der Waals surface area contributed by atoms with Gasteiger partial charge in [0, 0.05) is 37.1 Å². The number of benzene rings is 1. The number of hydrogen-bond acceptors (Lipinski definition) is 6. The quantitative estimate of drug-likeness (QED) is 0.697. The monoisotopic (exact) mass is 374 g/mol. The number of halogens is 1. The van der Waals surface area contributed by atoms with Gasteiger partial charge in [0.05, 0.1) is 4.34 Å². The third-order valence-corrected chi connectivity index (χ3v) is 6.71. The standard InChI is InChI=1S/C18H19ClN4OS/c19-17-5-4-14(25-17)10-23-7-6-12-8-22(11-16(12)23)9-13-2-1-3-15-18(13)21-24-20-15/h1-5,12,16H,6-11H2/t12-,16+/m1/s1. The van der Waals surface area contributed by atoms with E-state index < -0.39 is 0 Å². The van der Waals surface area contributed by atoms with E-state index in [9.17, 15) is 0 Å². The van der Waals surface area contributed by atoms with Crippen molar-refractivity contribution in [2.24, 2.45) is 5.92 Å². The normalized spacial score (nSPS) is 24.4. The maximum absolute atomic E-state index is 6.08. The van der Waals surface area contributed by atoms with Gasteiger partial charge in [-0.1, -0.05) is 23.7 Å². The Labute approximate surface area is 155 Å². The van der Waals surface area contributed by atoms with Gasteiger partial charge in [-0.25, -0.2) is 4.63 Å². The Morgan fingerprint density at radius 2 is 2.12 bits per heavy atom. The Balaban J connectivity index is 1.28. The van der Waals surface area contributed by atoms with Crippen molar-refractivity contribution in [3.63, 3.8) is 0 Å². The summed E-state index contributed by atoms with van der Waals surface area (Å²) in [7, 11) is 0. The molecule has 2 saturated heterocycles. The second-order valence-electron chi connectivity index (χ2n) is 7.04. The van der Waals surface area contributed by atoms with E-state index in [1.54, 1.807) is 11.3 Å². The van der Waals surface area contributed by atoms with Crippen LogP contribution in [0.15, 0.2) is 35.0 Å². The largest absolute Gasteiger partial charge is 0.297 e. The molecule has 2 aromatic heterocycles. The van der Waals surface area contributed by atoms with Crippen molar-refractivity contribution in [1.29, 1.82) is 0 Å². The fourth-order valence-electron chi connectivity index (χ4n) is 4.33. The number of hydrogen-bond donors (Lipinski definition) is 0. The second-order valence-corrected chi connectivity index (χ2v) is 8.84. The van der Waals surface area contributed by atoms with Gasteiger partial charge in [0.25, 0.3) is 0 Å². The Kier molecular flexibility index (Phi) is 4.01. The van der Waals surface area contributed by atoms with Crippen molar-refractivity contribution in [2.45, 2.75) is 25.6 Å². The van der Waals surface area contributed by atoms with Crippen molar-refractivity contribution in [1.82, 2.24) is 20.1 Å². The molecule has 0 amide bonds. The lowest BCUT2D eigenvalue weighted by Crippen LogP contribution is -2.34. The van der Waals surface area contributed by atoms with Gasteiger partial charge in [-0.2, -0.15) is 0 Å². The second kappa shape index (κ2) is 6.36. The smallest absolute Gasteiger partial charge is 0.139 e. The summed E-state index contributed by atoms with van der Waals surface area (Å²) in [5.74, 6) is 0.769. The van der Waals surface area contributed by atoms with Crippen molar-refractivity contribution < 1.29 is 4.63 Å². The highest BCUT2D eigenvalue weighted by Crippen LogP contribution is 2.35. The molecule has 130 valence electrons. The van der Waals surface area contributed by atoms with Gasteiger partial charge in [0.15, 0.2) is 0 Å². The molecule has 0 spiro atoms. The minimum Gasteiger partial charge on any atom is -0.297 e. The van der Waals surface area contributed by atoms with Crippen LogP contribution in [0, 0.1) is 5.92 Å². The zero-order chi connectivity index (χ0) is 16.8. The van der Waals surface area contributed by atoms with Crippen molar-refractivity contribution >= 4 is 34.0 Å². The molecular formula is C18H19ClN4OS. The van der Waals surface area contributed by atoms with Crippen LogP contribution in [-0.2, 0) is 13.1 Å². The summed E-state index contributed by atoms with van der Waals surface area (Å²) >= 11 is 7.78. The molecule has 1 aromatic carbocycles. The van der Waals surface area contributed by atoms with E-state index in [-0.39, 0.29) is 0 Å². The summed E-state index contributed by atoms with van der Waals surface area (Å²) in [5, 5.41) is 8.02. The van der Waals surface area contributed by atoms with Crippen molar-refractivity contribution in [2.75, 3.05) is 19.6 Å². The molecule has 5 rings (SSSR count). The molecule has 2 aliphatic rings. The zero-order valence-corrected chi connectivity index (χ0v) is 15.3. The van der Waals surface area contributed by atoms with E-state index in [1.165, 1.54) is 23.4 Å². The van der Waals surface area contributed by atoms with Crippen LogP contribution in [0.5, 0.6) is 0 Å². The van der Waals surface area contributed by atoms with Gasteiger partial charge >= 0.3 is 0 Å². The highest BCUT2D eigenvalue weighted by atomic mass is 35.5. The van der Waals surface area contributed by atoms with Crippen molar-refractivity contribution in [3.8, 4) is 0 Å². The minimum absolute atomic E-state index is 0.649. The van der Waals surface area contributed by atoms with Crippen LogP contribution >= 0.6 is 22.9 Å². The van der Waals surface area contributed by atoms with Crippen LogP contribution in [-0.4, -0.2) is 45.8 Å². The number of rotatable bonds is 4. The first-order valence-electron chi connectivity index (χ1n) is 8.67. The highest BCUT2D eigenvalue weighted by Gasteiger charge is 2.41. The predicted molar refractivity (Wildman–Crippen MR) is 98.7 cm³/mol. The molecule has 0 radical (unpaired) electrons. The summed E-state index contributed by atoms with van der Waals surface area (Å²) in [4.78, 5) is 6.54. The van der Waals surface area contributed by atoms with Gasteiger partial charge in [-0.3, -0.25) is 9.80 Å².